The molecule has 0 unspecified atom stereocenters. The zero-order valence-corrected chi connectivity index (χ0v) is 11.1. The molecule has 3 heteroatoms. The van der Waals surface area contributed by atoms with E-state index in [9.17, 15) is 4.79 Å². The van der Waals surface area contributed by atoms with Crippen molar-refractivity contribution in [3.63, 3.8) is 0 Å². The minimum atomic E-state index is 0.476. The van der Waals surface area contributed by atoms with E-state index in [1.54, 1.807) is 13.2 Å². The van der Waals surface area contributed by atoms with Crippen molar-refractivity contribution in [2.24, 2.45) is 0 Å². The first-order chi connectivity index (χ1) is 8.12. The molecule has 3 nitrogen and oxygen atoms in total. The summed E-state index contributed by atoms with van der Waals surface area (Å²) in [6.45, 7) is 8.25. The van der Waals surface area contributed by atoms with Gasteiger partial charge in [0, 0.05) is 23.7 Å². The van der Waals surface area contributed by atoms with Crippen LogP contribution in [0.4, 0.5) is 0 Å². The Balaban J connectivity index is 2.97. The molecule has 1 rings (SSSR count). The molecule has 17 heavy (non-hydrogen) atoms. The van der Waals surface area contributed by atoms with Gasteiger partial charge in [0.2, 0.25) is 0 Å². The fraction of sp³-hybridized carbons (Fsp3) is 0.500. The molecule has 0 heterocycles. The number of hydrogen-bond donors (Lipinski definition) is 0. The molecule has 0 bridgehead atoms. The maximum atomic E-state index is 10.8. The van der Waals surface area contributed by atoms with E-state index in [0.29, 0.717) is 11.6 Å². The summed E-state index contributed by atoms with van der Waals surface area (Å²) in [4.78, 5) is 13.1. The van der Waals surface area contributed by atoms with Gasteiger partial charge in [-0.15, -0.1) is 0 Å². The lowest BCUT2D eigenvalue weighted by atomic mass is 10.1. The van der Waals surface area contributed by atoms with Crippen LogP contribution in [0.2, 0.25) is 0 Å². The number of carbonyl (C=O) groups is 1. The Morgan fingerprint density at radius 1 is 1.41 bits per heavy atom. The fourth-order valence-corrected chi connectivity index (χ4v) is 1.87. The van der Waals surface area contributed by atoms with Crippen LogP contribution in [-0.2, 0) is 6.54 Å². The van der Waals surface area contributed by atoms with E-state index < -0.39 is 0 Å². The Labute approximate surface area is 103 Å². The average Bonchev–Trinajstić information content (AvgIpc) is 2.35. The molecule has 0 saturated heterocycles. The van der Waals surface area contributed by atoms with Crippen molar-refractivity contribution >= 4 is 6.29 Å². The summed E-state index contributed by atoms with van der Waals surface area (Å²) in [5, 5.41) is 0. The van der Waals surface area contributed by atoms with E-state index in [1.807, 2.05) is 12.1 Å². The van der Waals surface area contributed by atoms with Crippen LogP contribution >= 0.6 is 0 Å². The number of ether oxygens (including phenoxy) is 1. The third kappa shape index (κ3) is 3.56. The van der Waals surface area contributed by atoms with E-state index >= 15 is 0 Å². The van der Waals surface area contributed by atoms with Gasteiger partial charge in [0.05, 0.1) is 7.11 Å². The molecule has 0 aromatic heterocycles. The average molecular weight is 235 g/mol. The molecule has 1 aromatic carbocycles. The molecular formula is C14H21NO2. The first-order valence-electron chi connectivity index (χ1n) is 5.98. The molecule has 0 aliphatic rings. The fourth-order valence-electron chi connectivity index (χ4n) is 1.87. The van der Waals surface area contributed by atoms with Gasteiger partial charge in [-0.25, -0.2) is 0 Å². The lowest BCUT2D eigenvalue weighted by Crippen LogP contribution is -2.30. The minimum Gasteiger partial charge on any atom is -0.496 e. The van der Waals surface area contributed by atoms with Crippen LogP contribution in [0, 0.1) is 0 Å². The Morgan fingerprint density at radius 3 is 2.59 bits per heavy atom. The highest BCUT2D eigenvalue weighted by atomic mass is 16.5. The summed E-state index contributed by atoms with van der Waals surface area (Å²) in [7, 11) is 1.66. The van der Waals surface area contributed by atoms with Crippen LogP contribution in [0.25, 0.3) is 0 Å². The van der Waals surface area contributed by atoms with E-state index in [1.165, 1.54) is 0 Å². The van der Waals surface area contributed by atoms with Crippen molar-refractivity contribution in [3.8, 4) is 5.75 Å². The second-order valence-electron chi connectivity index (χ2n) is 4.35. The summed E-state index contributed by atoms with van der Waals surface area (Å²) in [5.74, 6) is 0.842. The molecule has 0 fully saturated rings. The molecule has 0 radical (unpaired) electrons. The highest BCUT2D eigenvalue weighted by molar-refractivity contribution is 5.75. The number of nitrogens with zero attached hydrogens (tertiary/aromatic N) is 1. The largest absolute Gasteiger partial charge is 0.496 e. The van der Waals surface area contributed by atoms with Gasteiger partial charge in [-0.3, -0.25) is 9.69 Å². The van der Waals surface area contributed by atoms with Crippen LogP contribution < -0.4 is 4.74 Å². The lowest BCUT2D eigenvalue weighted by molar-refractivity contribution is 0.112. The first kappa shape index (κ1) is 13.7. The van der Waals surface area contributed by atoms with Gasteiger partial charge in [0.25, 0.3) is 0 Å². The second kappa shape index (κ2) is 6.40. The topological polar surface area (TPSA) is 29.5 Å². The number of benzene rings is 1. The quantitative estimate of drug-likeness (QED) is 0.710. The summed E-state index contributed by atoms with van der Waals surface area (Å²) < 4.78 is 5.33. The van der Waals surface area contributed by atoms with Crippen molar-refractivity contribution in [2.75, 3.05) is 13.7 Å². The Bertz CT molecular complexity index is 374. The van der Waals surface area contributed by atoms with Crippen LogP contribution in [0.15, 0.2) is 18.2 Å². The van der Waals surface area contributed by atoms with Gasteiger partial charge in [0.15, 0.2) is 0 Å². The number of aldehydes is 1. The summed E-state index contributed by atoms with van der Waals surface area (Å²) in [6.07, 6.45) is 0.870. The Kier molecular flexibility index (Phi) is 5.16. The molecule has 0 atom stereocenters. The summed E-state index contributed by atoms with van der Waals surface area (Å²) in [6, 6.07) is 6.01. The SMILES string of the molecule is CCN(Cc1cc(C=O)ccc1OC)C(C)C. The monoisotopic (exact) mass is 235 g/mol. The predicted octanol–water partition coefficient (Wildman–Crippen LogP) is 2.74. The third-order valence-corrected chi connectivity index (χ3v) is 2.95. The smallest absolute Gasteiger partial charge is 0.150 e. The molecule has 0 aliphatic heterocycles. The second-order valence-corrected chi connectivity index (χ2v) is 4.35. The lowest BCUT2D eigenvalue weighted by Gasteiger charge is -2.25. The number of carbonyl (C=O) groups excluding carboxylic acids is 1. The van der Waals surface area contributed by atoms with E-state index in [4.69, 9.17) is 4.74 Å². The van der Waals surface area contributed by atoms with Gasteiger partial charge in [-0.2, -0.15) is 0 Å². The Hall–Kier alpha value is -1.35. The zero-order valence-electron chi connectivity index (χ0n) is 11.1. The van der Waals surface area contributed by atoms with Crippen LogP contribution in [-0.4, -0.2) is 30.9 Å². The molecule has 0 N–H and O–H groups in total. The van der Waals surface area contributed by atoms with Crippen molar-refractivity contribution in [3.05, 3.63) is 29.3 Å². The number of hydrogen-bond acceptors (Lipinski definition) is 3. The van der Waals surface area contributed by atoms with Crippen LogP contribution in [0.3, 0.4) is 0 Å². The molecule has 0 aliphatic carbocycles. The van der Waals surface area contributed by atoms with Gasteiger partial charge in [-0.05, 0) is 38.6 Å². The number of methoxy groups -OCH3 is 1. The highest BCUT2D eigenvalue weighted by Gasteiger charge is 2.11. The first-order valence-corrected chi connectivity index (χ1v) is 5.98. The standard InChI is InChI=1S/C14H21NO2/c1-5-15(11(2)3)9-13-8-12(10-16)6-7-14(13)17-4/h6-8,10-11H,5,9H2,1-4H3. The highest BCUT2D eigenvalue weighted by Crippen LogP contribution is 2.21. The Morgan fingerprint density at radius 2 is 2.12 bits per heavy atom. The molecule has 0 spiro atoms. The predicted molar refractivity (Wildman–Crippen MR) is 69.6 cm³/mol. The maximum absolute atomic E-state index is 10.8. The van der Waals surface area contributed by atoms with Crippen LogP contribution in [0.5, 0.6) is 5.75 Å². The van der Waals surface area contributed by atoms with Gasteiger partial charge in [0.1, 0.15) is 12.0 Å². The minimum absolute atomic E-state index is 0.476. The molecule has 0 saturated carbocycles. The molecular weight excluding hydrogens is 214 g/mol. The van der Waals surface area contributed by atoms with Crippen molar-refractivity contribution < 1.29 is 9.53 Å². The summed E-state index contributed by atoms with van der Waals surface area (Å²) in [5.41, 5.74) is 1.76. The van der Waals surface area contributed by atoms with E-state index in [-0.39, 0.29) is 0 Å². The van der Waals surface area contributed by atoms with Gasteiger partial charge < -0.3 is 4.74 Å². The molecule has 94 valence electrons. The van der Waals surface area contributed by atoms with Crippen molar-refractivity contribution in [1.82, 2.24) is 4.90 Å². The van der Waals surface area contributed by atoms with Crippen LogP contribution in [0.1, 0.15) is 36.7 Å². The van der Waals surface area contributed by atoms with E-state index in [0.717, 1.165) is 30.7 Å². The van der Waals surface area contributed by atoms with Gasteiger partial charge in [-0.1, -0.05) is 6.92 Å². The molecule has 0 amide bonds. The normalized spacial score (nSPS) is 10.9. The van der Waals surface area contributed by atoms with Gasteiger partial charge >= 0.3 is 0 Å². The van der Waals surface area contributed by atoms with E-state index in [2.05, 4.69) is 25.7 Å². The molecule has 1 aromatic rings. The summed E-state index contributed by atoms with van der Waals surface area (Å²) >= 11 is 0. The third-order valence-electron chi connectivity index (χ3n) is 2.95. The maximum Gasteiger partial charge on any atom is 0.150 e. The van der Waals surface area contributed by atoms with Crippen molar-refractivity contribution in [1.29, 1.82) is 0 Å². The zero-order chi connectivity index (χ0) is 12.8. The number of rotatable bonds is 6. The van der Waals surface area contributed by atoms with Crippen molar-refractivity contribution in [2.45, 2.75) is 33.4 Å².